The smallest absolute Gasteiger partial charge is 0.326 e. The van der Waals surface area contributed by atoms with Gasteiger partial charge in [0, 0.05) is 24.3 Å². The Labute approximate surface area is 186 Å². The highest BCUT2D eigenvalue weighted by molar-refractivity contribution is 6.44. The van der Waals surface area contributed by atoms with Gasteiger partial charge in [-0.3, -0.25) is 14.5 Å². The standard InChI is InChI=1S/C24H24N4O4/c1-4-18-19(23(30)28(25-18)17-10-6-5-7-11-17)20-21(26-12-8-9-16(2)15-26)24(31)27(22(20)29)13-14-32-3/h5-12,15H,4,13-14H2,1-3H3. The molecular formula is C24H24N4O4. The van der Waals surface area contributed by atoms with E-state index in [4.69, 9.17) is 4.74 Å². The van der Waals surface area contributed by atoms with Crippen LogP contribution in [0.25, 0.3) is 17.0 Å². The van der Waals surface area contributed by atoms with Crippen molar-refractivity contribution >= 4 is 23.1 Å². The van der Waals surface area contributed by atoms with Crippen molar-refractivity contribution in [1.82, 2.24) is 14.7 Å². The monoisotopic (exact) mass is 432 g/mol. The highest BCUT2D eigenvalue weighted by Crippen LogP contribution is 2.36. The third-order valence-electron chi connectivity index (χ3n) is 5.37. The summed E-state index contributed by atoms with van der Waals surface area (Å²) in [5, 5.41) is 18.0. The van der Waals surface area contributed by atoms with E-state index in [1.807, 2.05) is 38.1 Å². The van der Waals surface area contributed by atoms with Gasteiger partial charge in [0.1, 0.15) is 5.57 Å². The molecule has 0 spiro atoms. The number of imide groups is 1. The van der Waals surface area contributed by atoms with Gasteiger partial charge in [-0.25, -0.2) is 4.68 Å². The third kappa shape index (κ3) is 3.58. The summed E-state index contributed by atoms with van der Waals surface area (Å²) in [6.07, 6.45) is 3.89. The molecule has 164 valence electrons. The summed E-state index contributed by atoms with van der Waals surface area (Å²) in [5.74, 6) is -1.41. The summed E-state index contributed by atoms with van der Waals surface area (Å²) in [7, 11) is 1.50. The number of hydrogen-bond acceptors (Lipinski definition) is 5. The van der Waals surface area contributed by atoms with Crippen LogP contribution in [0.3, 0.4) is 0 Å². The fourth-order valence-corrected chi connectivity index (χ4v) is 3.83. The molecule has 4 rings (SSSR count). The van der Waals surface area contributed by atoms with E-state index in [1.54, 1.807) is 35.2 Å². The lowest BCUT2D eigenvalue weighted by atomic mass is 10.0. The first-order chi connectivity index (χ1) is 15.5. The molecule has 1 aliphatic heterocycles. The fourth-order valence-electron chi connectivity index (χ4n) is 3.83. The zero-order valence-corrected chi connectivity index (χ0v) is 18.2. The molecule has 0 N–H and O–H groups in total. The van der Waals surface area contributed by atoms with Gasteiger partial charge in [-0.1, -0.05) is 25.1 Å². The number of amides is 2. The maximum atomic E-state index is 13.5. The van der Waals surface area contributed by atoms with E-state index >= 15 is 0 Å². The minimum Gasteiger partial charge on any atom is -0.858 e. The molecule has 32 heavy (non-hydrogen) atoms. The van der Waals surface area contributed by atoms with Crippen LogP contribution in [0.2, 0.25) is 0 Å². The quantitative estimate of drug-likeness (QED) is 0.417. The highest BCUT2D eigenvalue weighted by Gasteiger charge is 2.46. The molecule has 0 saturated carbocycles. The van der Waals surface area contributed by atoms with Gasteiger partial charge >= 0.3 is 5.91 Å². The SMILES string of the molecule is CCc1nn(-c2ccccc2)c([O-])c1C1=C([n+]2cccc(C)c2)C(=O)N(CCOC)C1=O. The number of aromatic nitrogens is 3. The molecule has 0 aliphatic carbocycles. The first-order valence-corrected chi connectivity index (χ1v) is 10.4. The Morgan fingerprint density at radius 2 is 1.84 bits per heavy atom. The molecule has 0 bridgehead atoms. The van der Waals surface area contributed by atoms with Crippen molar-refractivity contribution in [3.63, 3.8) is 0 Å². The Hall–Kier alpha value is -3.78. The van der Waals surface area contributed by atoms with Crippen molar-refractivity contribution < 1.29 is 24.0 Å². The largest absolute Gasteiger partial charge is 0.858 e. The van der Waals surface area contributed by atoms with Crippen molar-refractivity contribution in [2.75, 3.05) is 20.3 Å². The molecular weight excluding hydrogens is 408 g/mol. The van der Waals surface area contributed by atoms with Crippen molar-refractivity contribution in [2.24, 2.45) is 0 Å². The Morgan fingerprint density at radius 1 is 1.09 bits per heavy atom. The molecule has 3 aromatic rings. The molecule has 8 nitrogen and oxygen atoms in total. The maximum Gasteiger partial charge on any atom is 0.326 e. The number of carbonyl (C=O) groups excluding carboxylic acids is 2. The predicted molar refractivity (Wildman–Crippen MR) is 115 cm³/mol. The summed E-state index contributed by atoms with van der Waals surface area (Å²) < 4.78 is 7.98. The van der Waals surface area contributed by atoms with Gasteiger partial charge in [0.15, 0.2) is 12.4 Å². The molecule has 0 saturated heterocycles. The van der Waals surface area contributed by atoms with E-state index < -0.39 is 17.7 Å². The molecule has 3 heterocycles. The van der Waals surface area contributed by atoms with E-state index in [2.05, 4.69) is 5.10 Å². The predicted octanol–water partition coefficient (Wildman–Crippen LogP) is 1.49. The normalized spacial score (nSPS) is 14.0. The van der Waals surface area contributed by atoms with Crippen LogP contribution in [0.5, 0.6) is 5.88 Å². The molecule has 0 atom stereocenters. The summed E-state index contributed by atoms with van der Waals surface area (Å²) >= 11 is 0. The van der Waals surface area contributed by atoms with Crippen LogP contribution in [-0.2, 0) is 20.7 Å². The van der Waals surface area contributed by atoms with Crippen LogP contribution in [0.15, 0.2) is 54.9 Å². The van der Waals surface area contributed by atoms with Crippen molar-refractivity contribution in [1.29, 1.82) is 0 Å². The van der Waals surface area contributed by atoms with Gasteiger partial charge in [0.05, 0.1) is 24.5 Å². The number of para-hydroxylation sites is 1. The molecule has 2 aromatic heterocycles. The summed E-state index contributed by atoms with van der Waals surface area (Å²) in [4.78, 5) is 27.9. The Balaban J connectivity index is 1.97. The van der Waals surface area contributed by atoms with Gasteiger partial charge in [-0.2, -0.15) is 9.67 Å². The number of aryl methyl sites for hydroxylation is 2. The third-order valence-corrected chi connectivity index (χ3v) is 5.37. The van der Waals surface area contributed by atoms with Crippen LogP contribution in [0.1, 0.15) is 23.7 Å². The number of ether oxygens (including phenoxy) is 1. The van der Waals surface area contributed by atoms with Gasteiger partial charge < -0.3 is 9.84 Å². The Kier molecular flexibility index (Phi) is 5.87. The molecule has 2 amide bonds. The molecule has 0 fully saturated rings. The van der Waals surface area contributed by atoms with Gasteiger partial charge in [-0.05, 0) is 37.4 Å². The van der Waals surface area contributed by atoms with Crippen LogP contribution >= 0.6 is 0 Å². The Bertz CT molecular complexity index is 1210. The maximum absolute atomic E-state index is 13.5. The molecule has 0 unspecified atom stereocenters. The van der Waals surface area contributed by atoms with Crippen molar-refractivity contribution in [2.45, 2.75) is 20.3 Å². The van der Waals surface area contributed by atoms with Gasteiger partial charge in [0.2, 0.25) is 0 Å². The lowest BCUT2D eigenvalue weighted by molar-refractivity contribution is -0.577. The van der Waals surface area contributed by atoms with Crippen LogP contribution in [0.4, 0.5) is 0 Å². The number of pyridine rings is 1. The molecule has 8 heteroatoms. The van der Waals surface area contributed by atoms with Gasteiger partial charge in [0.25, 0.3) is 11.6 Å². The van der Waals surface area contributed by atoms with Crippen molar-refractivity contribution in [3.05, 3.63) is 71.7 Å². The first kappa shape index (κ1) is 21.5. The van der Waals surface area contributed by atoms with E-state index in [1.165, 1.54) is 11.8 Å². The van der Waals surface area contributed by atoms with Crippen LogP contribution in [0, 0.1) is 6.92 Å². The van der Waals surface area contributed by atoms with E-state index in [0.717, 1.165) is 10.5 Å². The number of rotatable bonds is 7. The zero-order valence-electron chi connectivity index (χ0n) is 18.2. The highest BCUT2D eigenvalue weighted by atomic mass is 16.5. The summed E-state index contributed by atoms with van der Waals surface area (Å²) in [6, 6.07) is 12.7. The van der Waals surface area contributed by atoms with E-state index in [0.29, 0.717) is 17.8 Å². The molecule has 0 radical (unpaired) electrons. The minimum absolute atomic E-state index is 0.0748. The summed E-state index contributed by atoms with van der Waals surface area (Å²) in [5.41, 5.74) is 2.36. The number of nitrogens with zero attached hydrogens (tertiary/aromatic N) is 4. The lowest BCUT2D eigenvalue weighted by Crippen LogP contribution is -2.40. The second-order valence-corrected chi connectivity index (χ2v) is 7.49. The zero-order chi connectivity index (χ0) is 22.8. The van der Waals surface area contributed by atoms with E-state index in [-0.39, 0.29) is 30.0 Å². The molecule has 1 aromatic carbocycles. The Morgan fingerprint density at radius 3 is 2.50 bits per heavy atom. The number of hydrogen-bond donors (Lipinski definition) is 0. The summed E-state index contributed by atoms with van der Waals surface area (Å²) in [6.45, 7) is 4.05. The van der Waals surface area contributed by atoms with E-state index in [9.17, 15) is 14.7 Å². The average molecular weight is 432 g/mol. The molecule has 1 aliphatic rings. The van der Waals surface area contributed by atoms with Gasteiger partial charge in [-0.15, -0.1) is 0 Å². The number of carbonyl (C=O) groups is 2. The first-order valence-electron chi connectivity index (χ1n) is 10.4. The second kappa shape index (κ2) is 8.76. The van der Waals surface area contributed by atoms with Crippen LogP contribution in [-0.4, -0.2) is 46.8 Å². The number of benzene rings is 1. The van der Waals surface area contributed by atoms with Crippen molar-refractivity contribution in [3.8, 4) is 11.6 Å². The van der Waals surface area contributed by atoms with Crippen LogP contribution < -0.4 is 9.67 Å². The lowest BCUT2D eigenvalue weighted by Gasteiger charge is -2.15. The minimum atomic E-state index is -0.518. The number of methoxy groups -OCH3 is 1. The fraction of sp³-hybridized carbons (Fsp3) is 0.250. The second-order valence-electron chi connectivity index (χ2n) is 7.49. The average Bonchev–Trinajstić information content (AvgIpc) is 3.25. The topological polar surface area (TPSA) is 91.4 Å².